The van der Waals surface area contributed by atoms with E-state index in [9.17, 15) is 26.6 Å². The van der Waals surface area contributed by atoms with Crippen LogP contribution in [0.5, 0.6) is 0 Å². The number of hydrogen-bond acceptors (Lipinski definition) is 4. The molecule has 0 saturated heterocycles. The molecule has 0 aliphatic carbocycles. The first-order valence-corrected chi connectivity index (χ1v) is 14.2. The molecule has 0 bridgehead atoms. The molecule has 39 heavy (non-hydrogen) atoms. The molecule has 2 unspecified atom stereocenters. The number of hydrogen-bond donors (Lipinski definition) is 0. The van der Waals surface area contributed by atoms with Gasteiger partial charge in [-0.25, -0.2) is 8.60 Å². The van der Waals surface area contributed by atoms with Crippen LogP contribution in [0.3, 0.4) is 0 Å². The summed E-state index contributed by atoms with van der Waals surface area (Å²) < 4.78 is 74.0. The number of oxime groups is 1. The van der Waals surface area contributed by atoms with Crippen LogP contribution < -0.4 is 0 Å². The van der Waals surface area contributed by atoms with Crippen LogP contribution in [0.1, 0.15) is 39.0 Å². The van der Waals surface area contributed by atoms with Crippen LogP contribution >= 0.6 is 34.8 Å². The summed E-state index contributed by atoms with van der Waals surface area (Å²) in [6, 6.07) is 10.7. The number of carbonyl (C=O) groups excluding carboxylic acids is 1. The van der Waals surface area contributed by atoms with Crippen molar-refractivity contribution in [2.75, 3.05) is 6.26 Å². The maximum Gasteiger partial charge on any atom is 0.435 e. The minimum atomic E-state index is -4.97. The Labute approximate surface area is 236 Å². The number of rotatable bonds is 4. The summed E-state index contributed by atoms with van der Waals surface area (Å²) >= 11 is 17.7. The third-order valence-corrected chi connectivity index (χ3v) is 9.02. The topological polar surface area (TPSA) is 68.1 Å². The van der Waals surface area contributed by atoms with E-state index in [0.29, 0.717) is 11.1 Å². The predicted molar refractivity (Wildman–Crippen MR) is 143 cm³/mol. The van der Waals surface area contributed by atoms with Crippen LogP contribution in [0.15, 0.2) is 62.9 Å². The number of amides is 1. The normalized spacial score (nSPS) is 18.8. The molecule has 0 spiro atoms. The lowest BCUT2D eigenvalue weighted by molar-refractivity contribution is -0.275. The summed E-state index contributed by atoms with van der Waals surface area (Å²) in [6.07, 6.45) is -4.43. The first-order chi connectivity index (χ1) is 18.1. The van der Waals surface area contributed by atoms with Crippen LogP contribution in [0, 0.1) is 19.7 Å². The molecular weight excluding hydrogens is 603 g/mol. The van der Waals surface area contributed by atoms with Gasteiger partial charge in [-0.05, 0) is 60.9 Å². The number of aryl methyl sites for hydroxylation is 2. The van der Waals surface area contributed by atoms with Crippen molar-refractivity contribution in [1.29, 1.82) is 0 Å². The zero-order valence-electron chi connectivity index (χ0n) is 20.5. The van der Waals surface area contributed by atoms with Gasteiger partial charge in [0.1, 0.15) is 0 Å². The van der Waals surface area contributed by atoms with Gasteiger partial charge in [-0.2, -0.15) is 17.5 Å². The van der Waals surface area contributed by atoms with E-state index < -0.39 is 55.3 Å². The molecular formula is C26H19Cl3F4N2O3S. The zero-order chi connectivity index (χ0) is 28.9. The molecule has 0 aromatic heterocycles. The molecule has 0 N–H and O–H groups in total. The smallest absolute Gasteiger partial charge is 0.374 e. The van der Waals surface area contributed by atoms with Crippen LogP contribution in [-0.2, 0) is 20.2 Å². The molecule has 5 nitrogen and oxygen atoms in total. The summed E-state index contributed by atoms with van der Waals surface area (Å²) in [5, 5.41) is 2.68. The Hall–Kier alpha value is -2.66. The second kappa shape index (κ2) is 10.4. The van der Waals surface area contributed by atoms with E-state index in [-0.39, 0.29) is 26.8 Å². The highest BCUT2D eigenvalue weighted by Crippen LogP contribution is 2.50. The van der Waals surface area contributed by atoms with Crippen molar-refractivity contribution in [2.24, 2.45) is 9.52 Å². The lowest BCUT2D eigenvalue weighted by Gasteiger charge is -2.29. The van der Waals surface area contributed by atoms with Crippen molar-refractivity contribution in [2.45, 2.75) is 36.9 Å². The van der Waals surface area contributed by atoms with Gasteiger partial charge < -0.3 is 4.84 Å². The largest absolute Gasteiger partial charge is 0.435 e. The van der Waals surface area contributed by atoms with Gasteiger partial charge in [-0.1, -0.05) is 58.2 Å². The lowest BCUT2D eigenvalue weighted by atomic mass is 9.86. The lowest BCUT2D eigenvalue weighted by Crippen LogP contribution is -2.42. The predicted octanol–water partition coefficient (Wildman–Crippen LogP) is 8.28. The van der Waals surface area contributed by atoms with Gasteiger partial charge >= 0.3 is 6.18 Å². The van der Waals surface area contributed by atoms with E-state index >= 15 is 0 Å². The van der Waals surface area contributed by atoms with E-state index in [0.717, 1.165) is 12.1 Å². The molecule has 3 aromatic carbocycles. The summed E-state index contributed by atoms with van der Waals surface area (Å²) in [5.41, 5.74) is -2.25. The average Bonchev–Trinajstić information content (AvgIpc) is 3.28. The highest BCUT2D eigenvalue weighted by Gasteiger charge is 2.62. The second-order valence-electron chi connectivity index (χ2n) is 9.00. The van der Waals surface area contributed by atoms with Gasteiger partial charge in [-0.15, -0.1) is 0 Å². The molecule has 1 heterocycles. The fraction of sp³-hybridized carbons (Fsp3) is 0.231. The highest BCUT2D eigenvalue weighted by atomic mass is 35.5. The van der Waals surface area contributed by atoms with Gasteiger partial charge in [0.05, 0.1) is 35.4 Å². The number of nitrogens with zero attached hydrogens (tertiary/aromatic N) is 2. The van der Waals surface area contributed by atoms with Crippen LogP contribution in [0.4, 0.5) is 17.6 Å². The molecule has 3 aromatic rings. The third-order valence-electron chi connectivity index (χ3n) is 6.23. The average molecular weight is 622 g/mol. The van der Waals surface area contributed by atoms with E-state index in [1.54, 1.807) is 32.0 Å². The minimum Gasteiger partial charge on any atom is -0.374 e. The molecule has 0 fully saturated rings. The Morgan fingerprint density at radius 2 is 1.67 bits per heavy atom. The summed E-state index contributed by atoms with van der Waals surface area (Å²) in [5.74, 6) is -1.84. The Morgan fingerprint density at radius 3 is 2.23 bits per heavy atom. The van der Waals surface area contributed by atoms with E-state index in [1.165, 1.54) is 24.5 Å². The maximum atomic E-state index is 14.3. The first-order valence-electron chi connectivity index (χ1n) is 11.2. The van der Waals surface area contributed by atoms with E-state index in [2.05, 4.69) is 9.52 Å². The molecule has 0 saturated carbocycles. The summed E-state index contributed by atoms with van der Waals surface area (Å²) in [4.78, 5) is 18.2. The van der Waals surface area contributed by atoms with Crippen LogP contribution in [-0.4, -0.2) is 28.3 Å². The third kappa shape index (κ3) is 5.39. The van der Waals surface area contributed by atoms with Crippen molar-refractivity contribution in [1.82, 2.24) is 0 Å². The molecule has 206 valence electrons. The van der Waals surface area contributed by atoms with Crippen molar-refractivity contribution in [3.63, 3.8) is 0 Å². The number of halogens is 7. The van der Waals surface area contributed by atoms with E-state index in [1.807, 2.05) is 0 Å². The fourth-order valence-corrected chi connectivity index (χ4v) is 7.02. The van der Waals surface area contributed by atoms with Gasteiger partial charge in [0.15, 0.2) is 5.82 Å². The van der Waals surface area contributed by atoms with Gasteiger partial charge in [0.25, 0.3) is 11.5 Å². The van der Waals surface area contributed by atoms with Crippen LogP contribution in [0.2, 0.25) is 15.1 Å². The first kappa shape index (κ1) is 29.3. The van der Waals surface area contributed by atoms with Gasteiger partial charge in [0.2, 0.25) is 0 Å². The summed E-state index contributed by atoms with van der Waals surface area (Å²) in [6.45, 7) is 3.25. The monoisotopic (exact) mass is 620 g/mol. The molecule has 0 radical (unpaired) electrons. The second-order valence-corrected chi connectivity index (χ2v) is 12.4. The highest BCUT2D eigenvalue weighted by molar-refractivity contribution is 7.93. The van der Waals surface area contributed by atoms with E-state index in [4.69, 9.17) is 39.6 Å². The Morgan fingerprint density at radius 1 is 1.03 bits per heavy atom. The van der Waals surface area contributed by atoms with Gasteiger partial charge in [-0.3, -0.25) is 4.79 Å². The van der Waals surface area contributed by atoms with Crippen molar-refractivity contribution >= 4 is 56.2 Å². The standard InChI is InChI=1S/C26H19Cl3F4N2O3S/c1-13-5-4-6-18(27)23(13)39(3,37)35-24(36)17-8-7-15(9-14(17)2)21-12-25(38-34-21,26(31,32)33)16-10-19(28)22(30)20(29)11-16/h4-11H,12H2,1-3H3. The Bertz CT molecular complexity index is 1620. The number of benzene rings is 3. The quantitative estimate of drug-likeness (QED) is 0.218. The van der Waals surface area contributed by atoms with Crippen molar-refractivity contribution in [3.05, 3.63) is 97.2 Å². The fourth-order valence-electron chi connectivity index (χ4n) is 4.28. The number of alkyl halides is 3. The summed E-state index contributed by atoms with van der Waals surface area (Å²) in [7, 11) is -3.21. The number of carbonyl (C=O) groups is 1. The Kier molecular flexibility index (Phi) is 7.81. The molecule has 1 aliphatic heterocycles. The molecule has 2 atom stereocenters. The van der Waals surface area contributed by atoms with Crippen molar-refractivity contribution < 1.29 is 31.4 Å². The molecule has 13 heteroatoms. The minimum absolute atomic E-state index is 0.0751. The zero-order valence-corrected chi connectivity index (χ0v) is 23.6. The van der Waals surface area contributed by atoms with Crippen molar-refractivity contribution in [3.8, 4) is 0 Å². The van der Waals surface area contributed by atoms with Crippen LogP contribution in [0.25, 0.3) is 0 Å². The maximum absolute atomic E-state index is 14.3. The van der Waals surface area contributed by atoms with Gasteiger partial charge in [0, 0.05) is 23.8 Å². The molecule has 1 amide bonds. The SMILES string of the molecule is Cc1cc(C2=NOC(c3cc(Cl)c(F)c(Cl)c3)(C(F)(F)F)C2)ccc1C(=O)N=S(C)(=O)c1c(C)cccc1Cl. The Balaban J connectivity index is 1.67. The molecule has 1 aliphatic rings. The molecule has 4 rings (SSSR count).